The van der Waals surface area contributed by atoms with Crippen molar-refractivity contribution in [1.29, 1.82) is 0 Å². The number of hydrogen-bond donors (Lipinski definition) is 3. The van der Waals surface area contributed by atoms with E-state index in [0.29, 0.717) is 25.7 Å². The molecule has 0 aliphatic carbocycles. The Hall–Kier alpha value is -1.94. The Balaban J connectivity index is 5.20. The maximum absolute atomic E-state index is 13.2. The average Bonchev–Trinajstić information content (AvgIpc) is 0.908. The monoisotopic (exact) mass is 1550 g/mol. The van der Waals surface area contributed by atoms with Crippen molar-refractivity contribution in [2.75, 3.05) is 39.6 Å². The van der Waals surface area contributed by atoms with Gasteiger partial charge in [-0.05, 0) is 31.6 Å². The Bertz CT molecular complexity index is 2010. The summed E-state index contributed by atoms with van der Waals surface area (Å²) in [5.41, 5.74) is 0. The van der Waals surface area contributed by atoms with Gasteiger partial charge in [-0.15, -0.1) is 0 Å². The third-order valence-corrected chi connectivity index (χ3v) is 22.4. The summed E-state index contributed by atoms with van der Waals surface area (Å²) in [6.45, 7) is 7.39. The lowest BCUT2D eigenvalue weighted by Crippen LogP contribution is -2.30. The van der Waals surface area contributed by atoms with E-state index in [9.17, 15) is 43.2 Å². The van der Waals surface area contributed by atoms with E-state index in [1.165, 1.54) is 295 Å². The number of unbranched alkanes of at least 4 members (excludes halogenated alkanes) is 59. The number of carbonyl (C=O) groups is 4. The van der Waals surface area contributed by atoms with E-state index < -0.39 is 97.5 Å². The molecule has 0 saturated carbocycles. The molecule has 19 heteroatoms. The maximum Gasteiger partial charge on any atom is 0.472 e. The van der Waals surface area contributed by atoms with Crippen molar-refractivity contribution in [1.82, 2.24) is 0 Å². The zero-order valence-corrected chi connectivity index (χ0v) is 71.4. The van der Waals surface area contributed by atoms with Crippen LogP contribution in [0.25, 0.3) is 0 Å². The first-order valence-electron chi connectivity index (χ1n) is 45.1. The predicted octanol–water partition coefficient (Wildman–Crippen LogP) is 26.8. The van der Waals surface area contributed by atoms with Crippen LogP contribution in [0.3, 0.4) is 0 Å². The molecule has 0 fully saturated rings. The zero-order valence-electron chi connectivity index (χ0n) is 69.6. The Morgan fingerprint density at radius 1 is 0.255 bits per heavy atom. The molecule has 0 aliphatic rings. The fraction of sp³-hybridized carbons (Fsp3) is 0.954. The highest BCUT2D eigenvalue weighted by atomic mass is 31.2. The molecule has 5 atom stereocenters. The lowest BCUT2D eigenvalue weighted by atomic mass is 10.0. The summed E-state index contributed by atoms with van der Waals surface area (Å²) in [6, 6.07) is 0. The number of ether oxygens (including phenoxy) is 4. The van der Waals surface area contributed by atoms with Gasteiger partial charge in [-0.3, -0.25) is 37.3 Å². The molecule has 3 N–H and O–H groups in total. The molecule has 0 aromatic carbocycles. The van der Waals surface area contributed by atoms with Gasteiger partial charge >= 0.3 is 39.5 Å². The van der Waals surface area contributed by atoms with Crippen molar-refractivity contribution < 1.29 is 80.2 Å². The largest absolute Gasteiger partial charge is 0.472 e. The molecule has 0 aromatic rings. The molecule has 2 unspecified atom stereocenters. The zero-order chi connectivity index (χ0) is 77.6. The van der Waals surface area contributed by atoms with Gasteiger partial charge in [0.15, 0.2) is 12.2 Å². The van der Waals surface area contributed by atoms with Gasteiger partial charge in [0.25, 0.3) is 0 Å². The van der Waals surface area contributed by atoms with Gasteiger partial charge in [0, 0.05) is 25.7 Å². The molecule has 106 heavy (non-hydrogen) atoms. The van der Waals surface area contributed by atoms with Gasteiger partial charge < -0.3 is 33.8 Å². The van der Waals surface area contributed by atoms with E-state index in [4.69, 9.17) is 37.0 Å². The third kappa shape index (κ3) is 80.1. The number of phosphoric acid groups is 2. The van der Waals surface area contributed by atoms with Crippen molar-refractivity contribution in [2.45, 2.75) is 490 Å². The van der Waals surface area contributed by atoms with E-state index in [1.54, 1.807) is 0 Å². The Labute approximate surface area is 651 Å². The minimum atomic E-state index is -4.97. The number of aliphatic hydroxyl groups is 1. The molecule has 0 rings (SSSR count). The highest BCUT2D eigenvalue weighted by Gasteiger charge is 2.30. The first kappa shape index (κ1) is 104. The summed E-state index contributed by atoms with van der Waals surface area (Å²) >= 11 is 0. The Morgan fingerprint density at radius 2 is 0.434 bits per heavy atom. The minimum absolute atomic E-state index is 0.109. The van der Waals surface area contributed by atoms with E-state index >= 15 is 0 Å². The second-order valence-corrected chi connectivity index (χ2v) is 34.7. The van der Waals surface area contributed by atoms with Crippen LogP contribution in [0.2, 0.25) is 0 Å². The fourth-order valence-electron chi connectivity index (χ4n) is 13.6. The molecular formula is C87H170O17P2. The minimum Gasteiger partial charge on any atom is -0.462 e. The third-order valence-electron chi connectivity index (χ3n) is 20.5. The summed E-state index contributed by atoms with van der Waals surface area (Å²) in [4.78, 5) is 73.2. The van der Waals surface area contributed by atoms with Gasteiger partial charge in [-0.1, -0.05) is 420 Å². The van der Waals surface area contributed by atoms with E-state index in [1.807, 2.05) is 0 Å². The van der Waals surface area contributed by atoms with Crippen LogP contribution in [-0.4, -0.2) is 96.7 Å². The molecule has 0 aromatic heterocycles. The number of aliphatic hydroxyl groups excluding tert-OH is 1. The van der Waals surface area contributed by atoms with Gasteiger partial charge in [0.1, 0.15) is 19.3 Å². The molecule has 0 radical (unpaired) electrons. The van der Waals surface area contributed by atoms with E-state index in [-0.39, 0.29) is 25.7 Å². The molecule has 630 valence electrons. The maximum atomic E-state index is 13.2. The average molecular weight is 1550 g/mol. The first-order chi connectivity index (χ1) is 51.5. The van der Waals surface area contributed by atoms with Crippen LogP contribution >= 0.6 is 15.6 Å². The van der Waals surface area contributed by atoms with Crippen molar-refractivity contribution in [3.63, 3.8) is 0 Å². The van der Waals surface area contributed by atoms with Crippen LogP contribution in [-0.2, 0) is 65.4 Å². The summed E-state index contributed by atoms with van der Waals surface area (Å²) in [5, 5.41) is 10.7. The summed E-state index contributed by atoms with van der Waals surface area (Å²) < 4.78 is 68.9. The van der Waals surface area contributed by atoms with Gasteiger partial charge in [0.2, 0.25) is 0 Å². The summed E-state index contributed by atoms with van der Waals surface area (Å²) in [5.74, 6) is -1.29. The predicted molar refractivity (Wildman–Crippen MR) is 437 cm³/mol. The van der Waals surface area contributed by atoms with Crippen molar-refractivity contribution >= 4 is 39.5 Å². The summed E-state index contributed by atoms with van der Waals surface area (Å²) in [6.07, 6.45) is 73.7. The van der Waals surface area contributed by atoms with Gasteiger partial charge in [0.05, 0.1) is 26.4 Å². The van der Waals surface area contributed by atoms with Crippen LogP contribution in [0.15, 0.2) is 0 Å². The number of hydrogen-bond acceptors (Lipinski definition) is 15. The Kier molecular flexibility index (Phi) is 78.2. The quantitative estimate of drug-likeness (QED) is 0.0222. The van der Waals surface area contributed by atoms with Crippen LogP contribution in [0.4, 0.5) is 0 Å². The first-order valence-corrected chi connectivity index (χ1v) is 48.1. The summed E-state index contributed by atoms with van der Waals surface area (Å²) in [7, 11) is -9.93. The van der Waals surface area contributed by atoms with Gasteiger partial charge in [-0.25, -0.2) is 9.13 Å². The number of esters is 4. The van der Waals surface area contributed by atoms with Gasteiger partial charge in [-0.2, -0.15) is 0 Å². The normalized spacial score (nSPS) is 13.7. The molecular weight excluding hydrogens is 1380 g/mol. The molecule has 0 heterocycles. The van der Waals surface area contributed by atoms with E-state index in [2.05, 4.69) is 34.6 Å². The van der Waals surface area contributed by atoms with Crippen LogP contribution in [0, 0.1) is 5.92 Å². The lowest BCUT2D eigenvalue weighted by Gasteiger charge is -2.21. The van der Waals surface area contributed by atoms with Crippen LogP contribution in [0.5, 0.6) is 0 Å². The molecule has 0 saturated heterocycles. The molecule has 17 nitrogen and oxygen atoms in total. The lowest BCUT2D eigenvalue weighted by molar-refractivity contribution is -0.161. The SMILES string of the molecule is CCCCCCCCCCCCCCCCCCCCCCCC(=O)O[C@H](COC(=O)CCCCCCCCCCCCCCCCCCC(C)C)COP(=O)(O)OC[C@@H](O)COP(=O)(O)OC[C@@H](COC(=O)CCCCCCCCCCC)OC(=O)CCCCCCCCCCCCCCCCCCC. The van der Waals surface area contributed by atoms with E-state index in [0.717, 1.165) is 95.8 Å². The highest BCUT2D eigenvalue weighted by molar-refractivity contribution is 7.47. The standard InChI is InChI=1S/C87H170O17P2/c1-6-9-12-15-18-21-23-25-27-29-30-31-32-34-40-44-48-53-58-63-68-73-87(92)104-83(77-98-85(90)71-66-61-56-51-46-42-38-36-35-37-41-45-50-54-59-64-69-80(4)5)79-102-106(95,96)100-75-81(88)74-99-105(93,94)101-78-82(76-97-84(89)70-65-60-55-49-20-17-14-11-8-3)103-86(91)72-67-62-57-52-47-43-39-33-28-26-24-22-19-16-13-10-7-2/h80-83,88H,6-79H2,1-5H3,(H,93,94)(H,95,96)/t81-,82+,83+/m0/s1. The highest BCUT2D eigenvalue weighted by Crippen LogP contribution is 2.45. The van der Waals surface area contributed by atoms with Crippen molar-refractivity contribution in [3.8, 4) is 0 Å². The molecule has 0 aliphatic heterocycles. The second kappa shape index (κ2) is 79.7. The number of phosphoric ester groups is 2. The fourth-order valence-corrected chi connectivity index (χ4v) is 15.2. The molecule has 0 amide bonds. The molecule has 0 bridgehead atoms. The van der Waals surface area contributed by atoms with Crippen molar-refractivity contribution in [2.24, 2.45) is 5.92 Å². The molecule has 0 spiro atoms. The van der Waals surface area contributed by atoms with Crippen LogP contribution in [0.1, 0.15) is 471 Å². The van der Waals surface area contributed by atoms with Crippen molar-refractivity contribution in [3.05, 3.63) is 0 Å². The topological polar surface area (TPSA) is 237 Å². The van der Waals surface area contributed by atoms with Crippen LogP contribution < -0.4 is 0 Å². The second-order valence-electron chi connectivity index (χ2n) is 31.8. The smallest absolute Gasteiger partial charge is 0.462 e. The Morgan fingerprint density at radius 3 is 0.642 bits per heavy atom. The number of rotatable bonds is 87. The number of carbonyl (C=O) groups excluding carboxylic acids is 4.